The van der Waals surface area contributed by atoms with E-state index in [4.69, 9.17) is 0 Å². The first kappa shape index (κ1) is 20.5. The molecular formula is C24H23FN4O2. The van der Waals surface area contributed by atoms with E-state index in [1.807, 2.05) is 45.0 Å². The zero-order valence-corrected chi connectivity index (χ0v) is 17.6. The number of benzene rings is 2. The summed E-state index contributed by atoms with van der Waals surface area (Å²) < 4.78 is 16.3. The number of aryl methyl sites for hydroxylation is 3. The van der Waals surface area contributed by atoms with Crippen molar-refractivity contribution in [3.8, 4) is 5.69 Å². The number of hydrogen-bond donors (Lipinski definition) is 1. The van der Waals surface area contributed by atoms with E-state index < -0.39 is 0 Å². The van der Waals surface area contributed by atoms with Crippen LogP contribution in [0.1, 0.15) is 23.7 Å². The highest BCUT2D eigenvalue weighted by atomic mass is 19.1. The molecule has 0 saturated carbocycles. The fourth-order valence-corrected chi connectivity index (χ4v) is 3.72. The highest BCUT2D eigenvalue weighted by molar-refractivity contribution is 5.92. The third-order valence-electron chi connectivity index (χ3n) is 5.27. The van der Waals surface area contributed by atoms with Crippen LogP contribution in [0.15, 0.2) is 59.4 Å². The van der Waals surface area contributed by atoms with Gasteiger partial charge in [0, 0.05) is 17.1 Å². The quantitative estimate of drug-likeness (QED) is 0.530. The number of pyridine rings is 1. The van der Waals surface area contributed by atoms with Crippen molar-refractivity contribution in [1.82, 2.24) is 14.3 Å². The van der Waals surface area contributed by atoms with Crippen molar-refractivity contribution in [3.05, 3.63) is 87.6 Å². The van der Waals surface area contributed by atoms with Crippen molar-refractivity contribution < 1.29 is 9.18 Å². The van der Waals surface area contributed by atoms with E-state index >= 15 is 0 Å². The first-order valence-corrected chi connectivity index (χ1v) is 10.1. The number of rotatable bonds is 5. The van der Waals surface area contributed by atoms with Gasteiger partial charge in [-0.3, -0.25) is 14.2 Å². The third-order valence-corrected chi connectivity index (χ3v) is 5.27. The number of hydrogen-bond acceptors (Lipinski definition) is 3. The van der Waals surface area contributed by atoms with Crippen LogP contribution in [0.3, 0.4) is 0 Å². The van der Waals surface area contributed by atoms with E-state index in [1.165, 1.54) is 28.8 Å². The zero-order valence-electron chi connectivity index (χ0n) is 17.6. The van der Waals surface area contributed by atoms with Gasteiger partial charge in [0.05, 0.1) is 11.4 Å². The van der Waals surface area contributed by atoms with E-state index in [-0.39, 0.29) is 23.8 Å². The molecule has 4 rings (SSSR count). The van der Waals surface area contributed by atoms with Gasteiger partial charge < -0.3 is 5.32 Å². The molecular weight excluding hydrogens is 395 g/mol. The van der Waals surface area contributed by atoms with Crippen LogP contribution < -0.4 is 10.9 Å². The summed E-state index contributed by atoms with van der Waals surface area (Å²) in [6.07, 6.45) is 0.675. The van der Waals surface area contributed by atoms with Crippen LogP contribution in [0.2, 0.25) is 0 Å². The number of carbonyl (C=O) groups is 1. The summed E-state index contributed by atoms with van der Waals surface area (Å²) in [4.78, 5) is 25.7. The average molecular weight is 418 g/mol. The minimum absolute atomic E-state index is 0.187. The van der Waals surface area contributed by atoms with E-state index in [0.29, 0.717) is 17.8 Å². The van der Waals surface area contributed by atoms with Crippen LogP contribution in [0.25, 0.3) is 16.7 Å². The molecule has 4 aromatic rings. The van der Waals surface area contributed by atoms with Crippen LogP contribution in [0.4, 0.5) is 10.1 Å². The van der Waals surface area contributed by atoms with Crippen LogP contribution in [0, 0.1) is 19.7 Å². The average Bonchev–Trinajstić information content (AvgIpc) is 3.09. The predicted molar refractivity (Wildman–Crippen MR) is 119 cm³/mol. The number of nitrogens with zero attached hydrogens (tertiary/aromatic N) is 3. The molecule has 0 aliphatic carbocycles. The van der Waals surface area contributed by atoms with Gasteiger partial charge in [-0.1, -0.05) is 24.6 Å². The Morgan fingerprint density at radius 3 is 2.39 bits per heavy atom. The monoisotopic (exact) mass is 418 g/mol. The largest absolute Gasteiger partial charge is 0.325 e. The van der Waals surface area contributed by atoms with Crippen molar-refractivity contribution in [2.45, 2.75) is 33.7 Å². The van der Waals surface area contributed by atoms with Crippen molar-refractivity contribution in [1.29, 1.82) is 0 Å². The summed E-state index contributed by atoms with van der Waals surface area (Å²) in [5, 5.41) is 8.27. The molecule has 0 aliphatic rings. The molecule has 1 amide bonds. The molecule has 0 saturated heterocycles. The van der Waals surface area contributed by atoms with Crippen LogP contribution in [-0.4, -0.2) is 20.3 Å². The van der Waals surface area contributed by atoms with Gasteiger partial charge in [0.1, 0.15) is 18.0 Å². The van der Waals surface area contributed by atoms with E-state index in [2.05, 4.69) is 10.4 Å². The molecule has 0 radical (unpaired) electrons. The summed E-state index contributed by atoms with van der Waals surface area (Å²) >= 11 is 0. The van der Waals surface area contributed by atoms with Crippen LogP contribution in [0.5, 0.6) is 0 Å². The molecule has 0 unspecified atom stereocenters. The van der Waals surface area contributed by atoms with Crippen molar-refractivity contribution in [3.63, 3.8) is 0 Å². The first-order chi connectivity index (χ1) is 14.9. The van der Waals surface area contributed by atoms with Crippen LogP contribution in [-0.2, 0) is 17.8 Å². The highest BCUT2D eigenvalue weighted by Gasteiger charge is 2.19. The smallest absolute Gasteiger partial charge is 0.252 e. The lowest BCUT2D eigenvalue weighted by atomic mass is 10.1. The molecule has 0 bridgehead atoms. The number of fused-ring (bicyclic) bond motifs is 1. The lowest BCUT2D eigenvalue weighted by Crippen LogP contribution is -2.29. The molecule has 2 heterocycles. The Morgan fingerprint density at radius 1 is 1.06 bits per heavy atom. The molecule has 0 spiro atoms. The minimum atomic E-state index is -0.386. The van der Waals surface area contributed by atoms with Gasteiger partial charge in [0.25, 0.3) is 5.56 Å². The summed E-state index contributed by atoms with van der Waals surface area (Å²) in [6, 6.07) is 14.9. The second-order valence-electron chi connectivity index (χ2n) is 7.53. The molecule has 31 heavy (non-hydrogen) atoms. The maximum Gasteiger partial charge on any atom is 0.252 e. The SMILES string of the molecule is CCc1cc(=O)n(CC(=O)Nc2ccc(F)cc2)c2c1c(C)nn2-c1ccc(C)cc1. The summed E-state index contributed by atoms with van der Waals surface area (Å²) in [6.45, 7) is 5.71. The minimum Gasteiger partial charge on any atom is -0.325 e. The predicted octanol–water partition coefficient (Wildman–Crippen LogP) is 4.14. The summed E-state index contributed by atoms with van der Waals surface area (Å²) in [5.41, 5.74) is 4.38. The highest BCUT2D eigenvalue weighted by Crippen LogP contribution is 2.25. The molecule has 1 N–H and O–H groups in total. The standard InChI is InChI=1S/C24H23FN4O2/c1-4-17-13-22(31)28(14-21(30)26-19-9-7-18(25)8-10-19)24-23(17)16(3)27-29(24)20-11-5-15(2)6-12-20/h5-13H,4,14H2,1-3H3,(H,26,30). The number of anilines is 1. The van der Waals surface area contributed by atoms with Crippen molar-refractivity contribution in [2.75, 3.05) is 5.32 Å². The van der Waals surface area contributed by atoms with Crippen molar-refractivity contribution >= 4 is 22.6 Å². The van der Waals surface area contributed by atoms with Gasteiger partial charge >= 0.3 is 0 Å². The maximum atomic E-state index is 13.1. The van der Waals surface area contributed by atoms with Crippen molar-refractivity contribution in [2.24, 2.45) is 0 Å². The molecule has 7 heteroatoms. The Hall–Kier alpha value is -3.74. The Morgan fingerprint density at radius 2 is 1.74 bits per heavy atom. The molecule has 2 aromatic carbocycles. The van der Waals surface area contributed by atoms with E-state index in [0.717, 1.165) is 27.9 Å². The van der Waals surface area contributed by atoms with Gasteiger partial charge in [-0.05, 0) is 62.2 Å². The second kappa shape index (κ2) is 8.18. The topological polar surface area (TPSA) is 68.9 Å². The number of amides is 1. The zero-order chi connectivity index (χ0) is 22.1. The van der Waals surface area contributed by atoms with Gasteiger partial charge in [0.15, 0.2) is 0 Å². The maximum absolute atomic E-state index is 13.1. The lowest BCUT2D eigenvalue weighted by molar-refractivity contribution is -0.116. The fraction of sp³-hybridized carbons (Fsp3) is 0.208. The summed E-state index contributed by atoms with van der Waals surface area (Å²) in [7, 11) is 0. The molecule has 0 aliphatic heterocycles. The molecule has 158 valence electrons. The Kier molecular flexibility index (Phi) is 5.42. The normalized spacial score (nSPS) is 11.1. The van der Waals surface area contributed by atoms with Gasteiger partial charge in [-0.2, -0.15) is 5.10 Å². The Balaban J connectivity index is 1.83. The molecule has 6 nitrogen and oxygen atoms in total. The number of nitrogens with one attached hydrogen (secondary N) is 1. The molecule has 0 atom stereocenters. The van der Waals surface area contributed by atoms with Gasteiger partial charge in [-0.25, -0.2) is 9.07 Å². The molecule has 2 aromatic heterocycles. The number of aromatic nitrogens is 3. The Bertz CT molecular complexity index is 1320. The Labute approximate surface area is 178 Å². The van der Waals surface area contributed by atoms with E-state index in [9.17, 15) is 14.0 Å². The van der Waals surface area contributed by atoms with Gasteiger partial charge in [0.2, 0.25) is 5.91 Å². The van der Waals surface area contributed by atoms with Crippen LogP contribution >= 0.6 is 0 Å². The fourth-order valence-electron chi connectivity index (χ4n) is 3.72. The third kappa shape index (κ3) is 3.99. The second-order valence-corrected chi connectivity index (χ2v) is 7.53. The van der Waals surface area contributed by atoms with E-state index in [1.54, 1.807) is 10.7 Å². The first-order valence-electron chi connectivity index (χ1n) is 10.1. The number of halogens is 1. The lowest BCUT2D eigenvalue weighted by Gasteiger charge is -2.13. The van der Waals surface area contributed by atoms with Gasteiger partial charge in [-0.15, -0.1) is 0 Å². The number of carbonyl (C=O) groups excluding carboxylic acids is 1. The summed E-state index contributed by atoms with van der Waals surface area (Å²) in [5.74, 6) is -0.767. The molecule has 0 fully saturated rings.